The molecule has 48 heavy (non-hydrogen) atoms. The Labute approximate surface area is 279 Å². The van der Waals surface area contributed by atoms with Crippen molar-refractivity contribution in [1.82, 2.24) is 26.3 Å². The van der Waals surface area contributed by atoms with E-state index in [0.29, 0.717) is 31.4 Å². The number of hydrogen-bond acceptors (Lipinski definition) is 8. The van der Waals surface area contributed by atoms with Gasteiger partial charge in [0.15, 0.2) is 0 Å². The average Bonchev–Trinajstić information content (AvgIpc) is 3.44. The zero-order chi connectivity index (χ0) is 35.2. The normalized spacial score (nSPS) is 14.2. The van der Waals surface area contributed by atoms with Crippen molar-refractivity contribution >= 4 is 40.4 Å². The minimum absolute atomic E-state index is 0.0608. The summed E-state index contributed by atoms with van der Waals surface area (Å²) < 4.78 is 0. The number of phenolic OH excluding ortho intramolecular Hbond substituents is 1. The maximum atomic E-state index is 13.8. The summed E-state index contributed by atoms with van der Waals surface area (Å²) in [6, 6.07) is 10.9. The van der Waals surface area contributed by atoms with Gasteiger partial charge in [0.2, 0.25) is 29.5 Å². The predicted molar refractivity (Wildman–Crippen MR) is 180 cm³/mol. The van der Waals surface area contributed by atoms with E-state index in [-0.39, 0.29) is 31.6 Å². The number of aliphatic hydroxyl groups excluding tert-OH is 1. The second-order valence-electron chi connectivity index (χ2n) is 12.0. The van der Waals surface area contributed by atoms with Crippen LogP contribution in [0.5, 0.6) is 5.75 Å². The van der Waals surface area contributed by atoms with E-state index in [1.165, 1.54) is 26.0 Å². The van der Waals surface area contributed by atoms with Gasteiger partial charge < -0.3 is 47.9 Å². The lowest BCUT2D eigenvalue weighted by atomic mass is 9.97. The maximum Gasteiger partial charge on any atom is 0.245 e. The maximum absolute atomic E-state index is 13.8. The molecule has 2 aromatic carbocycles. The van der Waals surface area contributed by atoms with E-state index in [9.17, 15) is 34.2 Å². The Balaban J connectivity index is 1.79. The van der Waals surface area contributed by atoms with Crippen LogP contribution >= 0.6 is 0 Å². The fraction of sp³-hybridized carbons (Fsp3) is 0.441. The molecule has 11 N–H and O–H groups in total. The van der Waals surface area contributed by atoms with Crippen LogP contribution in [-0.4, -0.2) is 82.1 Å². The topological polar surface area (TPSA) is 242 Å². The number of phenols is 1. The second-order valence-corrected chi connectivity index (χ2v) is 12.0. The van der Waals surface area contributed by atoms with E-state index < -0.39 is 59.7 Å². The molecular formula is C34H47N7O7. The molecule has 0 spiro atoms. The van der Waals surface area contributed by atoms with Crippen molar-refractivity contribution < 1.29 is 34.2 Å². The van der Waals surface area contributed by atoms with Gasteiger partial charge in [0, 0.05) is 49.5 Å². The number of aromatic hydroxyl groups is 1. The molecule has 0 bridgehead atoms. The summed E-state index contributed by atoms with van der Waals surface area (Å²) in [5.41, 5.74) is 13.7. The van der Waals surface area contributed by atoms with Crippen molar-refractivity contribution in [2.24, 2.45) is 17.4 Å². The number of hydrogen-bond donors (Lipinski definition) is 9. The van der Waals surface area contributed by atoms with Gasteiger partial charge >= 0.3 is 0 Å². The number of benzene rings is 2. The number of amides is 5. The van der Waals surface area contributed by atoms with Gasteiger partial charge in [0.05, 0.1) is 12.0 Å². The summed E-state index contributed by atoms with van der Waals surface area (Å²) in [4.78, 5) is 67.0. The van der Waals surface area contributed by atoms with Crippen LogP contribution in [0.1, 0.15) is 50.7 Å². The standard InChI is InChI=1S/C34H47N7O7/c1-20(42)31(39-21(2)43)34(48)38-18-23(7-5-6-14-35)33(47)40-25(16-24-19-37-28-9-4-3-8-27(24)28)17-30(45)41-29(32(36)46)15-22-10-12-26(44)13-11-22/h3-4,8-13,19-20,23,25,29,31,37,42,44H,5-7,14-18,35H2,1-2H3,(H2,36,46)(H,38,48)(H,39,43)(H,40,47)(H,41,45)/t20-,23+,25+,29+,31+/m1/s1. The number of unbranched alkanes of at least 4 members (excludes halogenated alkanes) is 1. The summed E-state index contributed by atoms with van der Waals surface area (Å²) in [5, 5.41) is 31.3. The average molecular weight is 666 g/mol. The first-order valence-corrected chi connectivity index (χ1v) is 16.0. The van der Waals surface area contributed by atoms with E-state index in [4.69, 9.17) is 11.5 Å². The number of aromatic amines is 1. The van der Waals surface area contributed by atoms with Crippen molar-refractivity contribution in [3.05, 3.63) is 65.9 Å². The highest BCUT2D eigenvalue weighted by Crippen LogP contribution is 2.21. The first-order valence-electron chi connectivity index (χ1n) is 16.0. The fourth-order valence-electron chi connectivity index (χ4n) is 5.45. The fourth-order valence-corrected chi connectivity index (χ4v) is 5.45. The zero-order valence-electron chi connectivity index (χ0n) is 27.3. The number of carbonyl (C=O) groups excluding carboxylic acids is 5. The number of aliphatic hydroxyl groups is 1. The molecule has 0 saturated heterocycles. The van der Waals surface area contributed by atoms with Gasteiger partial charge in [0.1, 0.15) is 17.8 Å². The molecule has 5 atom stereocenters. The van der Waals surface area contributed by atoms with Crippen LogP contribution in [0.3, 0.4) is 0 Å². The van der Waals surface area contributed by atoms with Gasteiger partial charge in [-0.2, -0.15) is 0 Å². The van der Waals surface area contributed by atoms with Crippen LogP contribution in [0.4, 0.5) is 0 Å². The number of aromatic nitrogens is 1. The molecule has 0 aliphatic rings. The Morgan fingerprint density at radius 2 is 1.62 bits per heavy atom. The van der Waals surface area contributed by atoms with Crippen LogP contribution in [0.15, 0.2) is 54.7 Å². The number of H-pyrrole nitrogens is 1. The number of nitrogens with one attached hydrogen (secondary N) is 5. The lowest BCUT2D eigenvalue weighted by molar-refractivity contribution is -0.131. The third kappa shape index (κ3) is 11.7. The molecule has 0 aliphatic carbocycles. The van der Waals surface area contributed by atoms with E-state index in [2.05, 4.69) is 26.3 Å². The van der Waals surface area contributed by atoms with Gasteiger partial charge in [-0.05, 0) is 62.1 Å². The zero-order valence-corrected chi connectivity index (χ0v) is 27.3. The highest BCUT2D eigenvalue weighted by atomic mass is 16.3. The molecule has 0 aliphatic heterocycles. The molecule has 14 heteroatoms. The molecule has 14 nitrogen and oxygen atoms in total. The number of carbonyl (C=O) groups is 5. The molecule has 0 unspecified atom stereocenters. The Morgan fingerprint density at radius 1 is 0.917 bits per heavy atom. The summed E-state index contributed by atoms with van der Waals surface area (Å²) in [5.74, 6) is -3.44. The van der Waals surface area contributed by atoms with Crippen LogP contribution in [0.25, 0.3) is 10.9 Å². The minimum Gasteiger partial charge on any atom is -0.508 e. The summed E-state index contributed by atoms with van der Waals surface area (Å²) >= 11 is 0. The number of nitrogens with two attached hydrogens (primary N) is 2. The van der Waals surface area contributed by atoms with Crippen LogP contribution in [0.2, 0.25) is 0 Å². The van der Waals surface area contributed by atoms with Gasteiger partial charge in [-0.25, -0.2) is 0 Å². The lowest BCUT2D eigenvalue weighted by Gasteiger charge is -2.25. The molecule has 3 rings (SSSR count). The monoisotopic (exact) mass is 665 g/mol. The molecule has 5 amide bonds. The van der Waals surface area contributed by atoms with E-state index in [1.54, 1.807) is 12.1 Å². The molecule has 0 radical (unpaired) electrons. The molecule has 1 aromatic heterocycles. The Hall–Kier alpha value is -4.95. The number of rotatable bonds is 19. The van der Waals surface area contributed by atoms with Crippen molar-refractivity contribution in [1.29, 1.82) is 0 Å². The lowest BCUT2D eigenvalue weighted by Crippen LogP contribution is -2.53. The number of primary amides is 1. The van der Waals surface area contributed by atoms with Gasteiger partial charge in [-0.3, -0.25) is 24.0 Å². The van der Waals surface area contributed by atoms with Gasteiger partial charge in [-0.15, -0.1) is 0 Å². The first kappa shape index (κ1) is 37.5. The molecule has 0 saturated carbocycles. The summed E-state index contributed by atoms with van der Waals surface area (Å²) in [6.45, 7) is 2.94. The molecule has 3 aromatic rings. The molecule has 1 heterocycles. The van der Waals surface area contributed by atoms with E-state index in [1.807, 2.05) is 30.5 Å². The molecule has 0 fully saturated rings. The highest BCUT2D eigenvalue weighted by molar-refractivity contribution is 5.89. The van der Waals surface area contributed by atoms with E-state index >= 15 is 0 Å². The van der Waals surface area contributed by atoms with Crippen LogP contribution < -0.4 is 32.7 Å². The smallest absolute Gasteiger partial charge is 0.245 e. The van der Waals surface area contributed by atoms with Gasteiger partial charge in [-0.1, -0.05) is 36.8 Å². The number of para-hydroxylation sites is 1. The summed E-state index contributed by atoms with van der Waals surface area (Å²) in [6.07, 6.45) is 2.47. The molecular weight excluding hydrogens is 618 g/mol. The highest BCUT2D eigenvalue weighted by Gasteiger charge is 2.29. The van der Waals surface area contributed by atoms with Crippen molar-refractivity contribution in [2.75, 3.05) is 13.1 Å². The van der Waals surface area contributed by atoms with Crippen molar-refractivity contribution in [3.63, 3.8) is 0 Å². The largest absolute Gasteiger partial charge is 0.508 e. The van der Waals surface area contributed by atoms with Gasteiger partial charge in [0.25, 0.3) is 0 Å². The van der Waals surface area contributed by atoms with Crippen LogP contribution in [-0.2, 0) is 36.8 Å². The predicted octanol–water partition coefficient (Wildman–Crippen LogP) is 0.251. The Kier molecular flexibility index (Phi) is 14.4. The van der Waals surface area contributed by atoms with E-state index in [0.717, 1.165) is 16.5 Å². The third-order valence-electron chi connectivity index (χ3n) is 8.00. The third-order valence-corrected chi connectivity index (χ3v) is 8.00. The minimum atomic E-state index is -1.20. The second kappa shape index (κ2) is 18.4. The SMILES string of the molecule is CC(=O)N[C@H](C(=O)NC[C@H](CCCCN)C(=O)N[C@H](CC(=O)N[C@@H](Cc1ccc(O)cc1)C(N)=O)Cc1c[nH]c2ccccc12)[C@@H](C)O. The van der Waals surface area contributed by atoms with Crippen LogP contribution in [0, 0.1) is 5.92 Å². The Morgan fingerprint density at radius 3 is 2.27 bits per heavy atom. The first-order chi connectivity index (χ1) is 22.9. The number of fused-ring (bicyclic) bond motifs is 1. The van der Waals surface area contributed by atoms with Crippen molar-refractivity contribution in [2.45, 2.75) is 76.6 Å². The van der Waals surface area contributed by atoms with Crippen molar-refractivity contribution in [3.8, 4) is 5.75 Å². The summed E-state index contributed by atoms with van der Waals surface area (Å²) in [7, 11) is 0. The Bertz CT molecular complexity index is 1540. The molecule has 260 valence electrons. The quantitative estimate of drug-likeness (QED) is 0.0802.